The van der Waals surface area contributed by atoms with Gasteiger partial charge in [0, 0.05) is 43.7 Å². The van der Waals surface area contributed by atoms with Crippen molar-refractivity contribution in [3.05, 3.63) is 52.8 Å². The molecule has 0 atom stereocenters. The molecule has 0 fully saturated rings. The van der Waals surface area contributed by atoms with Gasteiger partial charge in [-0.05, 0) is 34.1 Å². The maximum Gasteiger partial charge on any atom is 0.122 e. The summed E-state index contributed by atoms with van der Waals surface area (Å²) in [6.07, 6.45) is 2.46. The molecule has 2 aromatic rings. The third-order valence-corrected chi connectivity index (χ3v) is 4.55. The van der Waals surface area contributed by atoms with Crippen LogP contribution in [-0.4, -0.2) is 24.2 Å². The van der Waals surface area contributed by atoms with E-state index in [0.717, 1.165) is 22.5 Å². The Balaban J connectivity index is 2.55. The van der Waals surface area contributed by atoms with Crippen molar-refractivity contribution < 1.29 is 5.11 Å². The molecule has 3 nitrogen and oxygen atoms in total. The molecule has 0 radical (unpaired) electrons. The molecular weight excluding hydrogens is 308 g/mol. The van der Waals surface area contributed by atoms with Gasteiger partial charge in [-0.1, -0.05) is 53.7 Å². The van der Waals surface area contributed by atoms with Gasteiger partial charge in [-0.15, -0.1) is 0 Å². The van der Waals surface area contributed by atoms with Crippen LogP contribution in [0.5, 0.6) is 5.75 Å². The van der Waals surface area contributed by atoms with Gasteiger partial charge in [-0.25, -0.2) is 0 Å². The van der Waals surface area contributed by atoms with Crippen molar-refractivity contribution in [1.82, 2.24) is 4.98 Å². The largest absolute Gasteiger partial charge is 0.507 e. The van der Waals surface area contributed by atoms with Crippen LogP contribution >= 0.6 is 0 Å². The fourth-order valence-electron chi connectivity index (χ4n) is 2.87. The lowest BCUT2D eigenvalue weighted by molar-refractivity contribution is 0.439. The van der Waals surface area contributed by atoms with E-state index in [4.69, 9.17) is 0 Å². The quantitative estimate of drug-likeness (QED) is 0.850. The number of phenolic OH excluding ortho intramolecular Hbond substituents is 1. The third-order valence-electron chi connectivity index (χ3n) is 4.55. The van der Waals surface area contributed by atoms with Gasteiger partial charge in [-0.2, -0.15) is 0 Å². The number of aromatic nitrogens is 1. The summed E-state index contributed by atoms with van der Waals surface area (Å²) >= 11 is 0. The minimum Gasteiger partial charge on any atom is -0.507 e. The molecule has 0 amide bonds. The van der Waals surface area contributed by atoms with Gasteiger partial charge in [0.15, 0.2) is 0 Å². The lowest BCUT2D eigenvalue weighted by Gasteiger charge is -2.27. The molecule has 0 spiro atoms. The number of phenols is 1. The van der Waals surface area contributed by atoms with Crippen LogP contribution in [0.3, 0.4) is 0 Å². The molecule has 0 saturated heterocycles. The Bertz CT molecular complexity index is 750. The molecule has 1 heterocycles. The first-order valence-electron chi connectivity index (χ1n) is 8.88. The lowest BCUT2D eigenvalue weighted by Crippen LogP contribution is -2.17. The highest BCUT2D eigenvalue weighted by Gasteiger charge is 2.25. The van der Waals surface area contributed by atoms with Crippen LogP contribution in [0, 0.1) is 0 Å². The molecule has 3 heteroatoms. The second-order valence-electron chi connectivity index (χ2n) is 9.11. The molecule has 0 bridgehead atoms. The zero-order chi connectivity index (χ0) is 19.0. The van der Waals surface area contributed by atoms with Gasteiger partial charge in [0.1, 0.15) is 5.75 Å². The first-order valence-corrected chi connectivity index (χ1v) is 8.88. The fraction of sp³-hybridized carbons (Fsp3) is 0.500. The normalized spacial score (nSPS) is 12.3. The first-order chi connectivity index (χ1) is 11.4. The van der Waals surface area contributed by atoms with E-state index in [1.807, 2.05) is 26.4 Å². The predicted octanol–water partition coefficient (Wildman–Crippen LogP) is 5.04. The minimum atomic E-state index is -0.112. The minimum absolute atomic E-state index is 0.0291. The summed E-state index contributed by atoms with van der Waals surface area (Å²) < 4.78 is 0. The molecule has 25 heavy (non-hydrogen) atoms. The Kier molecular flexibility index (Phi) is 5.17. The molecule has 136 valence electrons. The van der Waals surface area contributed by atoms with E-state index < -0.39 is 0 Å². The summed E-state index contributed by atoms with van der Waals surface area (Å²) in [4.78, 5) is 6.57. The topological polar surface area (TPSA) is 36.4 Å². The summed E-state index contributed by atoms with van der Waals surface area (Å²) in [6.45, 7) is 13.1. The van der Waals surface area contributed by atoms with Crippen molar-refractivity contribution in [3.63, 3.8) is 0 Å². The molecule has 2 rings (SSSR count). The Morgan fingerprint density at radius 2 is 1.60 bits per heavy atom. The van der Waals surface area contributed by atoms with E-state index in [1.54, 1.807) is 0 Å². The van der Waals surface area contributed by atoms with Crippen LogP contribution in [0.25, 0.3) is 0 Å². The Labute approximate surface area is 152 Å². The van der Waals surface area contributed by atoms with E-state index in [1.165, 1.54) is 5.56 Å². The lowest BCUT2D eigenvalue weighted by atomic mass is 9.78. The zero-order valence-corrected chi connectivity index (χ0v) is 16.9. The molecule has 1 aromatic carbocycles. The number of hydrogen-bond donors (Lipinski definition) is 1. The smallest absolute Gasteiger partial charge is 0.122 e. The standard InChI is InChI=1S/C22H32N2O/c1-21(2,3)16-11-15(20(25)19(13-16)22(4,5)6)12-17-14-18(24(7)8)9-10-23-17/h9-11,13-14,25H,12H2,1-8H3. The van der Waals surface area contributed by atoms with E-state index in [0.29, 0.717) is 12.2 Å². The first kappa shape index (κ1) is 19.3. The number of rotatable bonds is 3. The Morgan fingerprint density at radius 3 is 2.12 bits per heavy atom. The average Bonchev–Trinajstić information content (AvgIpc) is 2.47. The molecule has 0 unspecified atom stereocenters. The highest BCUT2D eigenvalue weighted by Crippen LogP contribution is 2.38. The van der Waals surface area contributed by atoms with E-state index in [-0.39, 0.29) is 10.8 Å². The van der Waals surface area contributed by atoms with E-state index in [2.05, 4.69) is 69.6 Å². The molecule has 1 N–H and O–H groups in total. The van der Waals surface area contributed by atoms with Crippen LogP contribution in [0.15, 0.2) is 30.5 Å². The number of pyridine rings is 1. The monoisotopic (exact) mass is 340 g/mol. The molecule has 0 aliphatic heterocycles. The van der Waals surface area contributed by atoms with Gasteiger partial charge < -0.3 is 10.0 Å². The molecule has 0 saturated carbocycles. The van der Waals surface area contributed by atoms with Crippen molar-refractivity contribution in [2.45, 2.75) is 58.8 Å². The number of anilines is 1. The Hall–Kier alpha value is -2.03. The van der Waals surface area contributed by atoms with Gasteiger partial charge >= 0.3 is 0 Å². The summed E-state index contributed by atoms with van der Waals surface area (Å²) in [5.41, 5.74) is 5.19. The zero-order valence-electron chi connectivity index (χ0n) is 16.9. The number of hydrogen-bond acceptors (Lipinski definition) is 3. The summed E-state index contributed by atoms with van der Waals surface area (Å²) in [5, 5.41) is 10.9. The van der Waals surface area contributed by atoms with E-state index in [9.17, 15) is 5.11 Å². The number of benzene rings is 1. The van der Waals surface area contributed by atoms with Crippen LogP contribution in [-0.2, 0) is 17.3 Å². The summed E-state index contributed by atoms with van der Waals surface area (Å²) in [5.74, 6) is 0.401. The van der Waals surface area contributed by atoms with Crippen molar-refractivity contribution in [1.29, 1.82) is 0 Å². The van der Waals surface area contributed by atoms with Crippen molar-refractivity contribution in [2.75, 3.05) is 19.0 Å². The van der Waals surface area contributed by atoms with Gasteiger partial charge in [0.05, 0.1) is 0 Å². The molecular formula is C22H32N2O. The third kappa shape index (κ3) is 4.53. The molecule has 0 aliphatic rings. The van der Waals surface area contributed by atoms with Crippen LogP contribution in [0.1, 0.15) is 63.9 Å². The maximum absolute atomic E-state index is 10.9. The molecule has 1 aromatic heterocycles. The number of nitrogens with zero attached hydrogens (tertiary/aromatic N) is 2. The van der Waals surface area contributed by atoms with Crippen LogP contribution in [0.4, 0.5) is 5.69 Å². The van der Waals surface area contributed by atoms with Gasteiger partial charge in [0.25, 0.3) is 0 Å². The van der Waals surface area contributed by atoms with Crippen molar-refractivity contribution in [2.24, 2.45) is 0 Å². The predicted molar refractivity (Wildman–Crippen MR) is 107 cm³/mol. The second kappa shape index (κ2) is 6.70. The SMILES string of the molecule is CN(C)c1ccnc(Cc2cc(C(C)(C)C)cc(C(C)(C)C)c2O)c1. The average molecular weight is 341 g/mol. The highest BCUT2D eigenvalue weighted by atomic mass is 16.3. The fourth-order valence-corrected chi connectivity index (χ4v) is 2.87. The van der Waals surface area contributed by atoms with Crippen molar-refractivity contribution in [3.8, 4) is 5.75 Å². The van der Waals surface area contributed by atoms with Gasteiger partial charge in [0.2, 0.25) is 0 Å². The summed E-state index contributed by atoms with van der Waals surface area (Å²) in [7, 11) is 4.04. The number of aromatic hydroxyl groups is 1. The van der Waals surface area contributed by atoms with E-state index >= 15 is 0 Å². The van der Waals surface area contributed by atoms with Gasteiger partial charge in [-0.3, -0.25) is 4.98 Å². The second-order valence-corrected chi connectivity index (χ2v) is 9.11. The van der Waals surface area contributed by atoms with Crippen molar-refractivity contribution >= 4 is 5.69 Å². The van der Waals surface area contributed by atoms with Crippen LogP contribution < -0.4 is 4.90 Å². The maximum atomic E-state index is 10.9. The summed E-state index contributed by atoms with van der Waals surface area (Å²) in [6, 6.07) is 8.37. The highest BCUT2D eigenvalue weighted by molar-refractivity contribution is 5.51. The van der Waals surface area contributed by atoms with Crippen LogP contribution in [0.2, 0.25) is 0 Å². The Morgan fingerprint density at radius 1 is 0.960 bits per heavy atom. The molecule has 0 aliphatic carbocycles.